The van der Waals surface area contributed by atoms with Crippen molar-refractivity contribution in [2.75, 3.05) is 20.3 Å². The normalized spacial score (nSPS) is 25.8. The molecule has 0 unspecified atom stereocenters. The molecular formula is C12H20N2O2. The first kappa shape index (κ1) is 11.6. The number of ether oxygens (including phenoxy) is 2. The van der Waals surface area contributed by atoms with Gasteiger partial charge in [0.15, 0.2) is 0 Å². The van der Waals surface area contributed by atoms with Crippen LogP contribution >= 0.6 is 0 Å². The monoisotopic (exact) mass is 224 g/mol. The Morgan fingerprint density at radius 1 is 1.31 bits per heavy atom. The summed E-state index contributed by atoms with van der Waals surface area (Å²) >= 11 is 0. The van der Waals surface area contributed by atoms with Crippen LogP contribution in [0.15, 0.2) is 12.3 Å². The van der Waals surface area contributed by atoms with Crippen LogP contribution in [0.2, 0.25) is 0 Å². The van der Waals surface area contributed by atoms with E-state index in [1.807, 2.05) is 6.20 Å². The Morgan fingerprint density at radius 2 is 2.12 bits per heavy atom. The fourth-order valence-corrected chi connectivity index (χ4v) is 2.32. The molecule has 1 fully saturated rings. The second-order valence-electron chi connectivity index (χ2n) is 4.34. The molecule has 1 N–H and O–H groups in total. The highest BCUT2D eigenvalue weighted by molar-refractivity contribution is 5.06. The number of methoxy groups -OCH3 is 1. The molecule has 0 saturated heterocycles. The fourth-order valence-electron chi connectivity index (χ4n) is 2.32. The topological polar surface area (TPSA) is 47.1 Å². The van der Waals surface area contributed by atoms with Crippen LogP contribution in [0.4, 0.5) is 0 Å². The average molecular weight is 224 g/mol. The zero-order valence-corrected chi connectivity index (χ0v) is 9.82. The molecule has 90 valence electrons. The number of aromatic nitrogens is 2. The maximum Gasteiger partial charge on any atom is 0.0704 e. The lowest BCUT2D eigenvalue weighted by molar-refractivity contribution is -0.00297. The van der Waals surface area contributed by atoms with Gasteiger partial charge in [-0.3, -0.25) is 5.10 Å². The first-order valence-electron chi connectivity index (χ1n) is 6.00. The van der Waals surface area contributed by atoms with Gasteiger partial charge in [0.2, 0.25) is 0 Å². The van der Waals surface area contributed by atoms with Crippen molar-refractivity contribution in [3.05, 3.63) is 18.0 Å². The number of hydrogen-bond acceptors (Lipinski definition) is 3. The number of rotatable bonds is 5. The summed E-state index contributed by atoms with van der Waals surface area (Å²) in [7, 11) is 1.71. The quantitative estimate of drug-likeness (QED) is 0.779. The van der Waals surface area contributed by atoms with Crippen molar-refractivity contribution in [2.45, 2.75) is 37.7 Å². The molecule has 0 aliphatic heterocycles. The van der Waals surface area contributed by atoms with Crippen molar-refractivity contribution in [1.29, 1.82) is 0 Å². The molecule has 16 heavy (non-hydrogen) atoms. The predicted molar refractivity (Wildman–Crippen MR) is 61.4 cm³/mol. The Balaban J connectivity index is 1.70. The summed E-state index contributed by atoms with van der Waals surface area (Å²) in [4.78, 5) is 0. The van der Waals surface area contributed by atoms with Gasteiger partial charge in [0.25, 0.3) is 0 Å². The number of aromatic amines is 1. The van der Waals surface area contributed by atoms with Gasteiger partial charge < -0.3 is 9.47 Å². The summed E-state index contributed by atoms with van der Waals surface area (Å²) in [6, 6.07) is 2.08. The van der Waals surface area contributed by atoms with E-state index in [1.165, 1.54) is 18.5 Å². The maximum atomic E-state index is 5.74. The molecule has 4 nitrogen and oxygen atoms in total. The van der Waals surface area contributed by atoms with Gasteiger partial charge in [0, 0.05) is 19.2 Å². The van der Waals surface area contributed by atoms with E-state index in [9.17, 15) is 0 Å². The lowest BCUT2D eigenvalue weighted by Crippen LogP contribution is -2.22. The molecule has 0 aromatic carbocycles. The summed E-state index contributed by atoms with van der Waals surface area (Å²) in [6.45, 7) is 1.41. The minimum Gasteiger partial charge on any atom is -0.382 e. The van der Waals surface area contributed by atoms with E-state index in [4.69, 9.17) is 9.47 Å². The first-order chi connectivity index (χ1) is 7.90. The molecule has 4 heteroatoms. The van der Waals surface area contributed by atoms with Crippen LogP contribution in [0.5, 0.6) is 0 Å². The van der Waals surface area contributed by atoms with Gasteiger partial charge >= 0.3 is 0 Å². The summed E-state index contributed by atoms with van der Waals surface area (Å²) in [6.07, 6.45) is 6.97. The van der Waals surface area contributed by atoms with Crippen molar-refractivity contribution in [3.8, 4) is 0 Å². The van der Waals surface area contributed by atoms with Gasteiger partial charge in [-0.05, 0) is 31.7 Å². The zero-order chi connectivity index (χ0) is 11.2. The van der Waals surface area contributed by atoms with Crippen molar-refractivity contribution in [1.82, 2.24) is 10.2 Å². The molecule has 0 atom stereocenters. The number of nitrogens with one attached hydrogen (secondary N) is 1. The molecule has 1 aromatic rings. The van der Waals surface area contributed by atoms with E-state index < -0.39 is 0 Å². The van der Waals surface area contributed by atoms with E-state index >= 15 is 0 Å². The van der Waals surface area contributed by atoms with Crippen molar-refractivity contribution >= 4 is 0 Å². The second kappa shape index (κ2) is 6.01. The molecule has 2 rings (SSSR count). The van der Waals surface area contributed by atoms with Gasteiger partial charge in [-0.25, -0.2) is 0 Å². The summed E-state index contributed by atoms with van der Waals surface area (Å²) < 4.78 is 10.7. The standard InChI is InChI=1S/C12H20N2O2/c1-15-8-9-16-11-4-2-10(3-5-11)12-6-7-13-14-12/h6-7,10-11H,2-5,8-9H2,1H3,(H,13,14)/t10-,11-. The highest BCUT2D eigenvalue weighted by atomic mass is 16.5. The predicted octanol–water partition coefficient (Wildman–Crippen LogP) is 2.10. The Hall–Kier alpha value is -0.870. The Kier molecular flexibility index (Phi) is 4.36. The molecule has 0 bridgehead atoms. The van der Waals surface area contributed by atoms with Crippen LogP contribution in [0.1, 0.15) is 37.3 Å². The summed E-state index contributed by atoms with van der Waals surface area (Å²) in [5.74, 6) is 0.619. The van der Waals surface area contributed by atoms with Crippen LogP contribution in [-0.4, -0.2) is 36.6 Å². The fraction of sp³-hybridized carbons (Fsp3) is 0.750. The molecular weight excluding hydrogens is 204 g/mol. The van der Waals surface area contributed by atoms with Gasteiger partial charge in [-0.2, -0.15) is 5.10 Å². The van der Waals surface area contributed by atoms with E-state index in [0.29, 0.717) is 25.2 Å². The van der Waals surface area contributed by atoms with E-state index in [0.717, 1.165) is 12.8 Å². The Bertz CT molecular complexity index is 279. The summed E-state index contributed by atoms with van der Waals surface area (Å²) in [5.41, 5.74) is 1.20. The largest absolute Gasteiger partial charge is 0.382 e. The smallest absolute Gasteiger partial charge is 0.0704 e. The molecule has 1 aromatic heterocycles. The van der Waals surface area contributed by atoms with Crippen LogP contribution in [0.25, 0.3) is 0 Å². The SMILES string of the molecule is COCCO[C@H]1CC[C@H](c2cc[nH]n2)CC1. The van der Waals surface area contributed by atoms with Crippen LogP contribution < -0.4 is 0 Å². The molecule has 0 spiro atoms. The lowest BCUT2D eigenvalue weighted by Gasteiger charge is -2.27. The molecule has 1 saturated carbocycles. The van der Waals surface area contributed by atoms with E-state index in [1.54, 1.807) is 7.11 Å². The van der Waals surface area contributed by atoms with Gasteiger partial charge in [-0.1, -0.05) is 0 Å². The van der Waals surface area contributed by atoms with Crippen LogP contribution in [-0.2, 0) is 9.47 Å². The minimum absolute atomic E-state index is 0.422. The second-order valence-corrected chi connectivity index (χ2v) is 4.34. The van der Waals surface area contributed by atoms with E-state index in [2.05, 4.69) is 16.3 Å². The third-order valence-corrected chi connectivity index (χ3v) is 3.26. The van der Waals surface area contributed by atoms with Gasteiger partial charge in [-0.15, -0.1) is 0 Å². The molecule has 0 amide bonds. The van der Waals surface area contributed by atoms with E-state index in [-0.39, 0.29) is 0 Å². The third-order valence-electron chi connectivity index (χ3n) is 3.26. The summed E-state index contributed by atoms with van der Waals surface area (Å²) in [5, 5.41) is 7.14. The molecule has 1 heterocycles. The maximum absolute atomic E-state index is 5.74. The minimum atomic E-state index is 0.422. The Morgan fingerprint density at radius 3 is 2.75 bits per heavy atom. The first-order valence-corrected chi connectivity index (χ1v) is 6.00. The van der Waals surface area contributed by atoms with Gasteiger partial charge in [0.1, 0.15) is 0 Å². The van der Waals surface area contributed by atoms with Crippen LogP contribution in [0.3, 0.4) is 0 Å². The average Bonchev–Trinajstić information content (AvgIpc) is 2.84. The van der Waals surface area contributed by atoms with Crippen molar-refractivity contribution < 1.29 is 9.47 Å². The molecule has 0 radical (unpaired) electrons. The highest BCUT2D eigenvalue weighted by Gasteiger charge is 2.23. The highest BCUT2D eigenvalue weighted by Crippen LogP contribution is 2.32. The molecule has 1 aliphatic rings. The number of H-pyrrole nitrogens is 1. The third kappa shape index (κ3) is 3.06. The Labute approximate surface area is 96.3 Å². The van der Waals surface area contributed by atoms with Crippen molar-refractivity contribution in [3.63, 3.8) is 0 Å². The molecule has 1 aliphatic carbocycles. The van der Waals surface area contributed by atoms with Crippen LogP contribution in [0, 0.1) is 0 Å². The number of hydrogen-bond donors (Lipinski definition) is 1. The van der Waals surface area contributed by atoms with Crippen molar-refractivity contribution in [2.24, 2.45) is 0 Å². The zero-order valence-electron chi connectivity index (χ0n) is 9.82. The van der Waals surface area contributed by atoms with Gasteiger partial charge in [0.05, 0.1) is 25.0 Å². The number of nitrogens with zero attached hydrogens (tertiary/aromatic N) is 1. The lowest BCUT2D eigenvalue weighted by atomic mass is 9.85.